The molecule has 2 heterocycles. The van der Waals surface area contributed by atoms with E-state index >= 15 is 0 Å². The molecule has 29 heavy (non-hydrogen) atoms. The number of aromatic nitrogens is 2. The number of amides is 1. The van der Waals surface area contributed by atoms with Crippen LogP contribution in [0.2, 0.25) is 5.02 Å². The molecule has 5 nitrogen and oxygen atoms in total. The molecule has 1 aliphatic rings. The van der Waals surface area contributed by atoms with E-state index in [9.17, 15) is 18.0 Å². The molecule has 1 atom stereocenters. The lowest BCUT2D eigenvalue weighted by molar-refractivity contribution is -0.137. The zero-order valence-electron chi connectivity index (χ0n) is 15.2. The van der Waals surface area contributed by atoms with Crippen molar-refractivity contribution < 1.29 is 22.5 Å². The lowest BCUT2D eigenvalue weighted by Crippen LogP contribution is -2.24. The molecule has 1 saturated heterocycles. The van der Waals surface area contributed by atoms with Crippen LogP contribution in [0.15, 0.2) is 47.0 Å². The first kappa shape index (κ1) is 19.4. The number of nitrogens with zero attached hydrogens (tertiary/aromatic N) is 3. The summed E-state index contributed by atoms with van der Waals surface area (Å²) >= 11 is 6.04. The third-order valence-electron chi connectivity index (χ3n) is 4.84. The van der Waals surface area contributed by atoms with E-state index in [0.29, 0.717) is 17.1 Å². The molecule has 3 aromatic rings. The first-order valence-electron chi connectivity index (χ1n) is 8.80. The van der Waals surface area contributed by atoms with E-state index in [1.807, 2.05) is 13.0 Å². The van der Waals surface area contributed by atoms with Crippen molar-refractivity contribution in [3.8, 4) is 11.4 Å². The standard InChI is InChI=1S/C20H15ClF3N3O2/c1-11-8-15(6-7-16(11)21)27-10-13(9-17(27)28)19-25-18(26-29-19)12-2-4-14(5-3-12)20(22,23)24/h2-8,13H,9-10H2,1H3. The Morgan fingerprint density at radius 1 is 1.17 bits per heavy atom. The predicted octanol–water partition coefficient (Wildman–Crippen LogP) is 5.24. The number of anilines is 1. The van der Waals surface area contributed by atoms with Crippen LogP contribution in [-0.4, -0.2) is 22.6 Å². The van der Waals surface area contributed by atoms with Gasteiger partial charge in [0.05, 0.1) is 11.5 Å². The first-order chi connectivity index (χ1) is 13.7. The van der Waals surface area contributed by atoms with Crippen LogP contribution in [0.3, 0.4) is 0 Å². The van der Waals surface area contributed by atoms with Crippen molar-refractivity contribution in [1.82, 2.24) is 10.1 Å². The van der Waals surface area contributed by atoms with Gasteiger partial charge in [-0.1, -0.05) is 28.9 Å². The third-order valence-corrected chi connectivity index (χ3v) is 5.26. The van der Waals surface area contributed by atoms with E-state index < -0.39 is 11.7 Å². The maximum absolute atomic E-state index is 12.7. The molecule has 150 valence electrons. The van der Waals surface area contributed by atoms with Gasteiger partial charge in [-0.3, -0.25) is 4.79 Å². The number of benzene rings is 2. The number of carbonyl (C=O) groups is 1. The molecule has 0 aliphatic carbocycles. The van der Waals surface area contributed by atoms with E-state index in [1.165, 1.54) is 12.1 Å². The van der Waals surface area contributed by atoms with Gasteiger partial charge in [0.15, 0.2) is 0 Å². The summed E-state index contributed by atoms with van der Waals surface area (Å²) in [4.78, 5) is 18.4. The summed E-state index contributed by atoms with van der Waals surface area (Å²) in [5.74, 6) is 0.0866. The van der Waals surface area contributed by atoms with Gasteiger partial charge in [0.2, 0.25) is 17.6 Å². The summed E-state index contributed by atoms with van der Waals surface area (Å²) in [6.45, 7) is 2.23. The van der Waals surface area contributed by atoms with Crippen LogP contribution in [-0.2, 0) is 11.0 Å². The molecule has 1 amide bonds. The minimum Gasteiger partial charge on any atom is -0.339 e. The zero-order chi connectivity index (χ0) is 20.8. The molecule has 0 saturated carbocycles. The molecule has 0 radical (unpaired) electrons. The van der Waals surface area contributed by atoms with Crippen molar-refractivity contribution in [3.05, 3.63) is 64.5 Å². The molecule has 1 aromatic heterocycles. The van der Waals surface area contributed by atoms with Crippen molar-refractivity contribution >= 4 is 23.2 Å². The van der Waals surface area contributed by atoms with E-state index in [1.54, 1.807) is 17.0 Å². The monoisotopic (exact) mass is 421 g/mol. The highest BCUT2D eigenvalue weighted by atomic mass is 35.5. The second kappa shape index (κ2) is 7.18. The second-order valence-electron chi connectivity index (χ2n) is 6.87. The Kier molecular flexibility index (Phi) is 4.82. The molecule has 0 N–H and O–H groups in total. The Bertz CT molecular complexity index is 1060. The first-order valence-corrected chi connectivity index (χ1v) is 9.18. The Hall–Kier alpha value is -2.87. The van der Waals surface area contributed by atoms with Crippen molar-refractivity contribution in [3.63, 3.8) is 0 Å². The Morgan fingerprint density at radius 3 is 2.55 bits per heavy atom. The van der Waals surface area contributed by atoms with Gasteiger partial charge in [0.25, 0.3) is 0 Å². The summed E-state index contributed by atoms with van der Waals surface area (Å²) in [6, 6.07) is 9.87. The van der Waals surface area contributed by atoms with Crippen LogP contribution < -0.4 is 4.90 Å². The number of hydrogen-bond acceptors (Lipinski definition) is 4. The number of hydrogen-bond donors (Lipinski definition) is 0. The van der Waals surface area contributed by atoms with Crippen molar-refractivity contribution in [1.29, 1.82) is 0 Å². The SMILES string of the molecule is Cc1cc(N2CC(c3nc(-c4ccc(C(F)(F)F)cc4)no3)CC2=O)ccc1Cl. The molecule has 1 fully saturated rings. The smallest absolute Gasteiger partial charge is 0.339 e. The summed E-state index contributed by atoms with van der Waals surface area (Å²) in [5.41, 5.74) is 1.26. The summed E-state index contributed by atoms with van der Waals surface area (Å²) in [7, 11) is 0. The van der Waals surface area contributed by atoms with Crippen molar-refractivity contribution in [2.24, 2.45) is 0 Å². The van der Waals surface area contributed by atoms with Crippen molar-refractivity contribution in [2.45, 2.75) is 25.4 Å². The topological polar surface area (TPSA) is 59.2 Å². The van der Waals surface area contributed by atoms with Gasteiger partial charge >= 0.3 is 6.18 Å². The highest BCUT2D eigenvalue weighted by Crippen LogP contribution is 2.34. The average Bonchev–Trinajstić information content (AvgIpc) is 3.30. The van der Waals surface area contributed by atoms with Gasteiger partial charge < -0.3 is 9.42 Å². The predicted molar refractivity (Wildman–Crippen MR) is 101 cm³/mol. The third kappa shape index (κ3) is 3.85. The molecular weight excluding hydrogens is 407 g/mol. The number of rotatable bonds is 3. The van der Waals surface area contributed by atoms with E-state index in [2.05, 4.69) is 10.1 Å². The summed E-state index contributed by atoms with van der Waals surface area (Å²) in [5, 5.41) is 4.48. The molecular formula is C20H15ClF3N3O2. The molecule has 1 unspecified atom stereocenters. The molecule has 9 heteroatoms. The Morgan fingerprint density at radius 2 is 1.90 bits per heavy atom. The lowest BCUT2D eigenvalue weighted by Gasteiger charge is -2.17. The molecule has 2 aromatic carbocycles. The number of carbonyl (C=O) groups excluding carboxylic acids is 1. The van der Waals surface area contributed by atoms with Crippen LogP contribution in [0, 0.1) is 6.92 Å². The van der Waals surface area contributed by atoms with E-state index in [4.69, 9.17) is 16.1 Å². The largest absolute Gasteiger partial charge is 0.416 e. The Labute approximate surface area is 169 Å². The fourth-order valence-electron chi connectivity index (χ4n) is 3.25. The summed E-state index contributed by atoms with van der Waals surface area (Å²) < 4.78 is 43.4. The highest BCUT2D eigenvalue weighted by Gasteiger charge is 2.35. The van der Waals surface area contributed by atoms with Crippen LogP contribution in [0.4, 0.5) is 18.9 Å². The molecule has 1 aliphatic heterocycles. The minimum absolute atomic E-state index is 0.0778. The minimum atomic E-state index is -4.41. The number of alkyl halides is 3. The fraction of sp³-hybridized carbons (Fsp3) is 0.250. The van der Waals surface area contributed by atoms with Gasteiger partial charge in [0.1, 0.15) is 0 Å². The van der Waals surface area contributed by atoms with Crippen LogP contribution in [0.1, 0.15) is 29.4 Å². The average molecular weight is 422 g/mol. The fourth-order valence-corrected chi connectivity index (χ4v) is 3.36. The molecule has 4 rings (SSSR count). The summed E-state index contributed by atoms with van der Waals surface area (Å²) in [6.07, 6.45) is -4.20. The van der Waals surface area contributed by atoms with Gasteiger partial charge in [0, 0.05) is 29.2 Å². The normalized spacial score (nSPS) is 17.2. The lowest BCUT2D eigenvalue weighted by atomic mass is 10.1. The van der Waals surface area contributed by atoms with Gasteiger partial charge in [-0.2, -0.15) is 18.2 Å². The molecule has 0 bridgehead atoms. The van der Waals surface area contributed by atoms with Gasteiger partial charge in [-0.25, -0.2) is 0 Å². The van der Waals surface area contributed by atoms with E-state index in [0.717, 1.165) is 23.4 Å². The van der Waals surface area contributed by atoms with Crippen LogP contribution >= 0.6 is 11.6 Å². The zero-order valence-corrected chi connectivity index (χ0v) is 16.0. The van der Waals surface area contributed by atoms with Crippen molar-refractivity contribution in [2.75, 3.05) is 11.4 Å². The number of halogens is 4. The highest BCUT2D eigenvalue weighted by molar-refractivity contribution is 6.31. The second-order valence-corrected chi connectivity index (χ2v) is 7.28. The van der Waals surface area contributed by atoms with E-state index in [-0.39, 0.29) is 30.0 Å². The van der Waals surface area contributed by atoms with Crippen LogP contribution in [0.25, 0.3) is 11.4 Å². The maximum Gasteiger partial charge on any atom is 0.416 e. The van der Waals surface area contributed by atoms with Gasteiger partial charge in [-0.15, -0.1) is 0 Å². The number of aryl methyl sites for hydroxylation is 1. The quantitative estimate of drug-likeness (QED) is 0.580. The molecule has 0 spiro atoms. The van der Waals surface area contributed by atoms with Gasteiger partial charge in [-0.05, 0) is 42.8 Å². The maximum atomic E-state index is 12.7. The Balaban J connectivity index is 1.52. The van der Waals surface area contributed by atoms with Crippen LogP contribution in [0.5, 0.6) is 0 Å².